The number of aryl methyl sites for hydroxylation is 1. The monoisotopic (exact) mass is 224 g/mol. The fourth-order valence-corrected chi connectivity index (χ4v) is 1.24. The molecule has 6 heteroatoms. The second kappa shape index (κ2) is 4.78. The van der Waals surface area contributed by atoms with Crippen LogP contribution in [0.25, 0.3) is 0 Å². The van der Waals surface area contributed by atoms with Gasteiger partial charge in [-0.25, -0.2) is 0 Å². The molecule has 1 rings (SSSR count). The molecule has 0 aliphatic rings. The third-order valence-electron chi connectivity index (χ3n) is 2.13. The maximum absolute atomic E-state index is 8.72. The summed E-state index contributed by atoms with van der Waals surface area (Å²) in [5, 5.41) is 19.5. The summed E-state index contributed by atoms with van der Waals surface area (Å²) in [6.07, 6.45) is -0.0540. The first-order valence-electron chi connectivity index (χ1n) is 4.95. The highest BCUT2D eigenvalue weighted by Crippen LogP contribution is 2.21. The number of hydrogen-bond donors (Lipinski definition) is 2. The standard InChI is InChI=1S/C10H16N4O2/c1-5(2)16-10-8(9(11)14-15)6(3)7(4)12-13-10/h5,15H,1-4H3,(H2,11,14). The minimum atomic E-state index is -0.0540. The Kier molecular flexibility index (Phi) is 3.65. The van der Waals surface area contributed by atoms with Gasteiger partial charge in [0.15, 0.2) is 5.84 Å². The van der Waals surface area contributed by atoms with E-state index in [2.05, 4.69) is 15.4 Å². The van der Waals surface area contributed by atoms with Crippen molar-refractivity contribution >= 4 is 5.84 Å². The van der Waals surface area contributed by atoms with Gasteiger partial charge in [0.25, 0.3) is 0 Å². The van der Waals surface area contributed by atoms with E-state index in [1.54, 1.807) is 6.92 Å². The molecule has 16 heavy (non-hydrogen) atoms. The minimum absolute atomic E-state index is 0.0221. The molecular weight excluding hydrogens is 208 g/mol. The summed E-state index contributed by atoms with van der Waals surface area (Å²) in [6.45, 7) is 7.36. The van der Waals surface area contributed by atoms with Crippen LogP contribution in [-0.2, 0) is 0 Å². The van der Waals surface area contributed by atoms with Crippen LogP contribution in [0.15, 0.2) is 5.16 Å². The Morgan fingerprint density at radius 3 is 2.50 bits per heavy atom. The zero-order chi connectivity index (χ0) is 12.3. The number of rotatable bonds is 3. The van der Waals surface area contributed by atoms with Crippen LogP contribution in [0.2, 0.25) is 0 Å². The Hall–Kier alpha value is -1.85. The Bertz CT molecular complexity index is 416. The molecule has 0 atom stereocenters. The first-order chi connectivity index (χ1) is 7.47. The predicted octanol–water partition coefficient (Wildman–Crippen LogP) is 0.975. The third kappa shape index (κ3) is 2.39. The first kappa shape index (κ1) is 12.2. The SMILES string of the molecule is Cc1nnc(OC(C)C)c(/C(N)=N/O)c1C. The minimum Gasteiger partial charge on any atom is -0.473 e. The smallest absolute Gasteiger partial charge is 0.245 e. The van der Waals surface area contributed by atoms with Gasteiger partial charge < -0.3 is 15.7 Å². The maximum atomic E-state index is 8.72. The molecule has 3 N–H and O–H groups in total. The molecule has 0 bridgehead atoms. The fraction of sp³-hybridized carbons (Fsp3) is 0.500. The van der Waals surface area contributed by atoms with Crippen molar-refractivity contribution in [2.75, 3.05) is 0 Å². The molecule has 0 aliphatic heterocycles. The van der Waals surface area contributed by atoms with Gasteiger partial charge in [-0.2, -0.15) is 5.10 Å². The van der Waals surface area contributed by atoms with Gasteiger partial charge in [0.05, 0.1) is 17.4 Å². The molecule has 88 valence electrons. The van der Waals surface area contributed by atoms with Crippen molar-refractivity contribution in [3.8, 4) is 5.88 Å². The van der Waals surface area contributed by atoms with Crippen LogP contribution >= 0.6 is 0 Å². The molecule has 1 aromatic rings. The Balaban J connectivity index is 3.33. The summed E-state index contributed by atoms with van der Waals surface area (Å²) >= 11 is 0. The molecule has 0 saturated carbocycles. The first-order valence-corrected chi connectivity index (χ1v) is 4.95. The van der Waals surface area contributed by atoms with E-state index in [9.17, 15) is 0 Å². The molecule has 6 nitrogen and oxygen atoms in total. The van der Waals surface area contributed by atoms with Crippen molar-refractivity contribution in [2.24, 2.45) is 10.9 Å². The molecule has 0 fully saturated rings. The van der Waals surface area contributed by atoms with Crippen LogP contribution in [-0.4, -0.2) is 27.3 Å². The average molecular weight is 224 g/mol. The molecular formula is C10H16N4O2. The van der Waals surface area contributed by atoms with Crippen molar-refractivity contribution in [1.29, 1.82) is 0 Å². The molecule has 1 aromatic heterocycles. The number of amidine groups is 1. The average Bonchev–Trinajstić information content (AvgIpc) is 2.22. The molecule has 0 spiro atoms. The van der Waals surface area contributed by atoms with Gasteiger partial charge in [-0.15, -0.1) is 5.10 Å². The lowest BCUT2D eigenvalue weighted by Gasteiger charge is -2.14. The van der Waals surface area contributed by atoms with E-state index in [4.69, 9.17) is 15.7 Å². The molecule has 0 aromatic carbocycles. The summed E-state index contributed by atoms with van der Waals surface area (Å²) in [6, 6.07) is 0. The third-order valence-corrected chi connectivity index (χ3v) is 2.13. The van der Waals surface area contributed by atoms with Gasteiger partial charge in [0, 0.05) is 0 Å². The quantitative estimate of drug-likeness (QED) is 0.345. The lowest BCUT2D eigenvalue weighted by molar-refractivity contribution is 0.228. The number of hydrogen-bond acceptors (Lipinski definition) is 5. The molecule has 0 saturated heterocycles. The van der Waals surface area contributed by atoms with Crippen molar-refractivity contribution in [3.05, 3.63) is 16.8 Å². The Morgan fingerprint density at radius 2 is 2.00 bits per heavy atom. The number of nitrogens with two attached hydrogens (primary N) is 1. The Labute approximate surface area is 94.1 Å². The Morgan fingerprint density at radius 1 is 1.38 bits per heavy atom. The molecule has 0 radical (unpaired) electrons. The lowest BCUT2D eigenvalue weighted by atomic mass is 10.1. The van der Waals surface area contributed by atoms with Crippen LogP contribution in [0, 0.1) is 13.8 Å². The second-order valence-electron chi connectivity index (χ2n) is 3.74. The number of aromatic nitrogens is 2. The zero-order valence-electron chi connectivity index (χ0n) is 9.85. The topological polar surface area (TPSA) is 93.6 Å². The van der Waals surface area contributed by atoms with Crippen molar-refractivity contribution in [1.82, 2.24) is 10.2 Å². The van der Waals surface area contributed by atoms with Crippen LogP contribution < -0.4 is 10.5 Å². The summed E-state index contributed by atoms with van der Waals surface area (Å²) < 4.78 is 5.46. The van der Waals surface area contributed by atoms with Gasteiger partial charge in [-0.05, 0) is 33.3 Å². The molecule has 0 aliphatic carbocycles. The van der Waals surface area contributed by atoms with E-state index in [0.717, 1.165) is 11.3 Å². The molecule has 0 amide bonds. The normalized spacial score (nSPS) is 11.9. The van der Waals surface area contributed by atoms with E-state index in [1.807, 2.05) is 20.8 Å². The van der Waals surface area contributed by atoms with Crippen LogP contribution in [0.3, 0.4) is 0 Å². The van der Waals surface area contributed by atoms with Gasteiger partial charge in [0.2, 0.25) is 5.88 Å². The number of nitrogens with zero attached hydrogens (tertiary/aromatic N) is 3. The van der Waals surface area contributed by atoms with Crippen LogP contribution in [0.4, 0.5) is 0 Å². The number of ether oxygens (including phenoxy) is 1. The van der Waals surface area contributed by atoms with Crippen LogP contribution in [0.1, 0.15) is 30.7 Å². The van der Waals surface area contributed by atoms with E-state index in [-0.39, 0.29) is 17.8 Å². The van der Waals surface area contributed by atoms with E-state index in [0.29, 0.717) is 5.56 Å². The highest BCUT2D eigenvalue weighted by molar-refractivity contribution is 6.00. The van der Waals surface area contributed by atoms with Gasteiger partial charge in [0.1, 0.15) is 0 Å². The summed E-state index contributed by atoms with van der Waals surface area (Å²) in [4.78, 5) is 0. The number of oxime groups is 1. The second-order valence-corrected chi connectivity index (χ2v) is 3.74. The molecule has 1 heterocycles. The summed E-state index contributed by atoms with van der Waals surface area (Å²) in [5.41, 5.74) is 7.59. The lowest BCUT2D eigenvalue weighted by Crippen LogP contribution is -2.20. The molecule has 0 unspecified atom stereocenters. The van der Waals surface area contributed by atoms with Gasteiger partial charge in [-0.3, -0.25) is 0 Å². The van der Waals surface area contributed by atoms with Crippen molar-refractivity contribution < 1.29 is 9.94 Å². The largest absolute Gasteiger partial charge is 0.473 e. The van der Waals surface area contributed by atoms with Gasteiger partial charge in [-0.1, -0.05) is 5.16 Å². The van der Waals surface area contributed by atoms with Crippen molar-refractivity contribution in [2.45, 2.75) is 33.8 Å². The summed E-state index contributed by atoms with van der Waals surface area (Å²) in [7, 11) is 0. The van der Waals surface area contributed by atoms with Crippen LogP contribution in [0.5, 0.6) is 5.88 Å². The fourth-order valence-electron chi connectivity index (χ4n) is 1.24. The van der Waals surface area contributed by atoms with Gasteiger partial charge >= 0.3 is 0 Å². The summed E-state index contributed by atoms with van der Waals surface area (Å²) in [5.74, 6) is 0.263. The zero-order valence-corrected chi connectivity index (χ0v) is 9.85. The highest BCUT2D eigenvalue weighted by atomic mass is 16.5. The maximum Gasteiger partial charge on any atom is 0.245 e. The van der Waals surface area contributed by atoms with Crippen molar-refractivity contribution in [3.63, 3.8) is 0 Å². The van der Waals surface area contributed by atoms with E-state index >= 15 is 0 Å². The highest BCUT2D eigenvalue weighted by Gasteiger charge is 2.17. The van der Waals surface area contributed by atoms with E-state index < -0.39 is 0 Å². The van der Waals surface area contributed by atoms with E-state index in [1.165, 1.54) is 0 Å². The predicted molar refractivity (Wildman–Crippen MR) is 59.8 cm³/mol.